The van der Waals surface area contributed by atoms with Crippen molar-refractivity contribution in [2.45, 2.75) is 0 Å². The molecule has 27 heavy (non-hydrogen) atoms. The number of carbonyl (C=O) groups excluding carboxylic acids is 2. The smallest absolute Gasteiger partial charge is 0.331 e. The number of thioether (sulfide) groups is 1. The second-order valence-electron chi connectivity index (χ2n) is 5.34. The van der Waals surface area contributed by atoms with Gasteiger partial charge in [-0.15, -0.1) is 0 Å². The summed E-state index contributed by atoms with van der Waals surface area (Å²) in [5.74, 6) is -0.0338. The first-order chi connectivity index (χ1) is 12.9. The lowest BCUT2D eigenvalue weighted by Gasteiger charge is -2.10. The zero-order valence-electron chi connectivity index (χ0n) is 14.2. The molecule has 2 heterocycles. The molecule has 1 aromatic heterocycles. The Bertz CT molecular complexity index is 975. The summed E-state index contributed by atoms with van der Waals surface area (Å²) in [6.07, 6.45) is 2.94. The first-order valence-corrected chi connectivity index (χ1v) is 8.39. The first-order valence-electron chi connectivity index (χ1n) is 7.57. The molecule has 1 aromatic carbocycles. The number of hydrogen-bond acceptors (Lipinski definition) is 8. The van der Waals surface area contributed by atoms with Gasteiger partial charge in [0.25, 0.3) is 17.0 Å². The number of carbonyl (C=O) groups is 2. The molecule has 1 fully saturated rings. The lowest BCUT2D eigenvalue weighted by atomic mass is 10.2. The summed E-state index contributed by atoms with van der Waals surface area (Å²) >= 11 is 0.844. The van der Waals surface area contributed by atoms with Crippen LogP contribution in [-0.2, 0) is 4.79 Å². The van der Waals surface area contributed by atoms with Crippen molar-refractivity contribution in [3.8, 4) is 17.4 Å². The third kappa shape index (κ3) is 3.75. The van der Waals surface area contributed by atoms with Crippen LogP contribution in [0.1, 0.15) is 5.56 Å². The Morgan fingerprint density at radius 2 is 2.04 bits per heavy atom. The summed E-state index contributed by atoms with van der Waals surface area (Å²) in [7, 11) is 2.83. The fraction of sp³-hybridized carbons (Fsp3) is 0.118. The molecule has 0 aliphatic carbocycles. The van der Waals surface area contributed by atoms with E-state index >= 15 is 0 Å². The highest BCUT2D eigenvalue weighted by Crippen LogP contribution is 2.37. The molecule has 0 N–H and O–H groups in total. The highest BCUT2D eigenvalue weighted by atomic mass is 32.2. The molecular weight excluding hydrogens is 374 g/mol. The van der Waals surface area contributed by atoms with Gasteiger partial charge in [0.1, 0.15) is 0 Å². The van der Waals surface area contributed by atoms with Gasteiger partial charge in [-0.3, -0.25) is 24.6 Å². The van der Waals surface area contributed by atoms with E-state index in [1.165, 1.54) is 32.5 Å². The third-order valence-electron chi connectivity index (χ3n) is 3.63. The van der Waals surface area contributed by atoms with Crippen LogP contribution in [0.4, 0.5) is 10.5 Å². The first kappa shape index (κ1) is 18.4. The van der Waals surface area contributed by atoms with Crippen LogP contribution >= 0.6 is 11.8 Å². The van der Waals surface area contributed by atoms with Crippen molar-refractivity contribution in [1.29, 1.82) is 0 Å². The Labute approximate surface area is 157 Å². The van der Waals surface area contributed by atoms with Gasteiger partial charge in [0.15, 0.2) is 11.5 Å². The number of aromatic nitrogens is 1. The van der Waals surface area contributed by atoms with Crippen LogP contribution in [-0.4, -0.2) is 40.1 Å². The van der Waals surface area contributed by atoms with E-state index in [1.54, 1.807) is 24.3 Å². The van der Waals surface area contributed by atoms with Gasteiger partial charge in [-0.25, -0.2) is 4.98 Å². The normalized spacial score (nSPS) is 15.3. The Balaban J connectivity index is 1.91. The predicted molar refractivity (Wildman–Crippen MR) is 97.7 cm³/mol. The van der Waals surface area contributed by atoms with Gasteiger partial charge in [0.2, 0.25) is 0 Å². The maximum absolute atomic E-state index is 12.0. The molecule has 0 bridgehead atoms. The van der Waals surface area contributed by atoms with E-state index in [-0.39, 0.29) is 28.5 Å². The number of pyridine rings is 1. The summed E-state index contributed by atoms with van der Waals surface area (Å²) in [6, 6.07) is 7.49. The van der Waals surface area contributed by atoms with Gasteiger partial charge in [-0.1, -0.05) is 6.07 Å². The molecular formula is C17H13N3O6S. The summed E-state index contributed by atoms with van der Waals surface area (Å²) in [5.41, 5.74) is 0.328. The van der Waals surface area contributed by atoms with Crippen LogP contribution < -0.4 is 9.47 Å². The number of hydrogen-bond donors (Lipinski definition) is 0. The van der Waals surface area contributed by atoms with Gasteiger partial charge < -0.3 is 9.47 Å². The maximum atomic E-state index is 12.0. The number of amides is 2. The number of nitrogens with zero attached hydrogens (tertiary/aromatic N) is 3. The fourth-order valence-electron chi connectivity index (χ4n) is 2.26. The minimum Gasteiger partial charge on any atom is -0.493 e. The lowest BCUT2D eigenvalue weighted by Crippen LogP contribution is -2.22. The topological polar surface area (TPSA) is 112 Å². The number of nitro groups is 1. The van der Waals surface area contributed by atoms with E-state index in [4.69, 9.17) is 9.47 Å². The van der Waals surface area contributed by atoms with Crippen molar-refractivity contribution >= 4 is 34.7 Å². The molecule has 0 saturated carbocycles. The van der Waals surface area contributed by atoms with Crippen molar-refractivity contribution in [2.24, 2.45) is 0 Å². The Kier molecular flexibility index (Phi) is 5.08. The average Bonchev–Trinajstić information content (AvgIpc) is 2.90. The largest absolute Gasteiger partial charge is 0.493 e. The average molecular weight is 387 g/mol. The van der Waals surface area contributed by atoms with Crippen LogP contribution in [0, 0.1) is 10.1 Å². The molecule has 138 valence electrons. The van der Waals surface area contributed by atoms with Crippen LogP contribution in [0.2, 0.25) is 0 Å². The summed E-state index contributed by atoms with van der Waals surface area (Å²) < 4.78 is 10.8. The van der Waals surface area contributed by atoms with E-state index in [0.717, 1.165) is 16.7 Å². The summed E-state index contributed by atoms with van der Waals surface area (Å²) in [5, 5.41) is 10.7. The van der Waals surface area contributed by atoms with E-state index in [1.807, 2.05) is 0 Å². The molecule has 0 spiro atoms. The molecule has 0 radical (unpaired) electrons. The van der Waals surface area contributed by atoms with Crippen molar-refractivity contribution in [2.75, 3.05) is 14.2 Å². The van der Waals surface area contributed by atoms with E-state index < -0.39 is 4.92 Å². The molecule has 10 heteroatoms. The summed E-state index contributed by atoms with van der Waals surface area (Å²) in [6.45, 7) is 0. The van der Waals surface area contributed by atoms with Crippen molar-refractivity contribution in [3.05, 3.63) is 57.1 Å². The van der Waals surface area contributed by atoms with E-state index in [2.05, 4.69) is 4.98 Å². The number of ether oxygens (including phenoxy) is 2. The minimum absolute atomic E-state index is 0.166. The monoisotopic (exact) mass is 387 g/mol. The molecule has 3 rings (SSSR count). The number of likely N-dealkylation sites (N-methyl/N-ethyl adjacent to an activating group) is 1. The SMILES string of the molecule is COc1cc(/C=C2\SC(=O)N(C)C2=O)ccc1Oc1ncccc1[N+](=O)[O-]. The van der Waals surface area contributed by atoms with Crippen LogP contribution in [0.5, 0.6) is 17.4 Å². The van der Waals surface area contributed by atoms with Gasteiger partial charge in [0, 0.05) is 19.3 Å². The number of methoxy groups -OCH3 is 1. The standard InChI is InChI=1S/C17H13N3O6S/c1-19-16(21)14(27-17(19)22)9-10-5-6-12(13(8-10)25-2)26-15-11(20(23)24)4-3-7-18-15/h3-9H,1-2H3/b14-9-. The number of benzene rings is 1. The zero-order valence-corrected chi connectivity index (χ0v) is 15.1. The maximum Gasteiger partial charge on any atom is 0.331 e. The number of imide groups is 1. The fourth-order valence-corrected chi connectivity index (χ4v) is 3.09. The molecule has 0 unspecified atom stereocenters. The molecule has 1 aliphatic heterocycles. The second-order valence-corrected chi connectivity index (χ2v) is 6.33. The number of rotatable bonds is 5. The van der Waals surface area contributed by atoms with Crippen LogP contribution in [0.15, 0.2) is 41.4 Å². The lowest BCUT2D eigenvalue weighted by molar-refractivity contribution is -0.386. The van der Waals surface area contributed by atoms with Crippen molar-refractivity contribution < 1.29 is 24.0 Å². The summed E-state index contributed by atoms with van der Waals surface area (Å²) in [4.78, 5) is 39.2. The van der Waals surface area contributed by atoms with Crippen LogP contribution in [0.3, 0.4) is 0 Å². The van der Waals surface area contributed by atoms with Gasteiger partial charge in [-0.05, 0) is 41.6 Å². The van der Waals surface area contributed by atoms with Crippen molar-refractivity contribution in [1.82, 2.24) is 9.88 Å². The van der Waals surface area contributed by atoms with E-state index in [9.17, 15) is 19.7 Å². The van der Waals surface area contributed by atoms with Gasteiger partial charge >= 0.3 is 5.69 Å². The quantitative estimate of drug-likeness (QED) is 0.436. The molecule has 9 nitrogen and oxygen atoms in total. The van der Waals surface area contributed by atoms with Crippen molar-refractivity contribution in [3.63, 3.8) is 0 Å². The Morgan fingerprint density at radius 1 is 1.26 bits per heavy atom. The van der Waals surface area contributed by atoms with Gasteiger partial charge in [-0.2, -0.15) is 0 Å². The molecule has 1 aliphatic rings. The van der Waals surface area contributed by atoms with Crippen LogP contribution in [0.25, 0.3) is 6.08 Å². The highest BCUT2D eigenvalue weighted by molar-refractivity contribution is 8.18. The molecule has 1 saturated heterocycles. The van der Waals surface area contributed by atoms with E-state index in [0.29, 0.717) is 16.2 Å². The Hall–Kier alpha value is -3.40. The van der Waals surface area contributed by atoms with Gasteiger partial charge in [0.05, 0.1) is 16.9 Å². The third-order valence-corrected chi connectivity index (χ3v) is 4.59. The molecule has 0 atom stereocenters. The molecule has 2 amide bonds. The minimum atomic E-state index is -0.593. The molecule has 2 aromatic rings. The Morgan fingerprint density at radius 3 is 2.67 bits per heavy atom. The highest BCUT2D eigenvalue weighted by Gasteiger charge is 2.31. The zero-order chi connectivity index (χ0) is 19.6. The predicted octanol–water partition coefficient (Wildman–Crippen LogP) is 3.46. The second kappa shape index (κ2) is 7.46.